The van der Waals surface area contributed by atoms with E-state index in [4.69, 9.17) is 0 Å². The molecule has 142 valence electrons. The maximum absolute atomic E-state index is 12.4. The molecule has 0 unspecified atom stereocenters. The van der Waals surface area contributed by atoms with Crippen molar-refractivity contribution in [2.75, 3.05) is 10.6 Å². The second-order valence-corrected chi connectivity index (χ2v) is 6.56. The van der Waals surface area contributed by atoms with Gasteiger partial charge in [-0.3, -0.25) is 9.59 Å². The van der Waals surface area contributed by atoms with E-state index in [1.165, 1.54) is 12.1 Å². The minimum absolute atomic E-state index is 0.0801. The Hall–Kier alpha value is -3.60. The lowest BCUT2D eigenvalue weighted by atomic mass is 10.1. The van der Waals surface area contributed by atoms with E-state index in [1.54, 1.807) is 18.2 Å². The van der Waals surface area contributed by atoms with Crippen molar-refractivity contribution in [2.24, 2.45) is 0 Å². The number of phenols is 1. The van der Waals surface area contributed by atoms with Gasteiger partial charge in [0.05, 0.1) is 0 Å². The zero-order valence-electron chi connectivity index (χ0n) is 15.6. The Labute approximate surface area is 164 Å². The first kappa shape index (κ1) is 19.2. The third-order valence-electron chi connectivity index (χ3n) is 4.38. The van der Waals surface area contributed by atoms with Gasteiger partial charge < -0.3 is 15.7 Å². The number of hydrogen-bond acceptors (Lipinski definition) is 3. The summed E-state index contributed by atoms with van der Waals surface area (Å²) in [6, 6.07) is 21.3. The molecule has 0 aliphatic carbocycles. The maximum atomic E-state index is 12.4. The van der Waals surface area contributed by atoms with Crippen molar-refractivity contribution in [1.82, 2.24) is 0 Å². The largest absolute Gasteiger partial charge is 0.508 e. The molecule has 28 heavy (non-hydrogen) atoms. The van der Waals surface area contributed by atoms with Crippen molar-refractivity contribution in [3.63, 3.8) is 0 Å². The van der Waals surface area contributed by atoms with Gasteiger partial charge in [0, 0.05) is 23.4 Å². The zero-order chi connectivity index (χ0) is 19.9. The molecule has 0 spiro atoms. The van der Waals surface area contributed by atoms with Crippen molar-refractivity contribution < 1.29 is 14.7 Å². The number of amides is 2. The van der Waals surface area contributed by atoms with Crippen LogP contribution in [0.1, 0.15) is 27.9 Å². The highest BCUT2D eigenvalue weighted by molar-refractivity contribution is 6.05. The van der Waals surface area contributed by atoms with E-state index in [-0.39, 0.29) is 17.6 Å². The Morgan fingerprint density at radius 1 is 0.893 bits per heavy atom. The minimum Gasteiger partial charge on any atom is -0.508 e. The van der Waals surface area contributed by atoms with E-state index in [9.17, 15) is 14.7 Å². The first-order valence-electron chi connectivity index (χ1n) is 9.06. The standard InChI is InChI=1S/C23H22N2O3/c1-16-7-11-19(24-22(27)14-8-17-5-3-2-4-6-17)15-21(16)25-23(28)18-9-12-20(26)13-10-18/h2-7,9-13,15,26H,8,14H2,1H3,(H,24,27)(H,25,28). The van der Waals surface area contributed by atoms with Gasteiger partial charge in [-0.25, -0.2) is 0 Å². The molecule has 3 N–H and O–H groups in total. The second-order valence-electron chi connectivity index (χ2n) is 6.56. The fourth-order valence-corrected chi connectivity index (χ4v) is 2.77. The molecule has 5 nitrogen and oxygen atoms in total. The van der Waals surface area contributed by atoms with Crippen LogP contribution in [0.5, 0.6) is 5.75 Å². The number of aryl methyl sites for hydroxylation is 2. The number of hydrogen-bond donors (Lipinski definition) is 3. The zero-order valence-corrected chi connectivity index (χ0v) is 15.6. The van der Waals surface area contributed by atoms with Gasteiger partial charge in [-0.1, -0.05) is 36.4 Å². The number of nitrogens with one attached hydrogen (secondary N) is 2. The molecule has 0 saturated carbocycles. The topological polar surface area (TPSA) is 78.4 Å². The average molecular weight is 374 g/mol. The molecule has 0 heterocycles. The molecule has 3 rings (SSSR count). The lowest BCUT2D eigenvalue weighted by molar-refractivity contribution is -0.116. The molecular weight excluding hydrogens is 352 g/mol. The highest BCUT2D eigenvalue weighted by Gasteiger charge is 2.10. The fourth-order valence-electron chi connectivity index (χ4n) is 2.77. The summed E-state index contributed by atoms with van der Waals surface area (Å²) in [5.74, 6) is -0.257. The number of rotatable bonds is 6. The number of carbonyl (C=O) groups is 2. The molecule has 0 aliphatic heterocycles. The smallest absolute Gasteiger partial charge is 0.255 e. The normalized spacial score (nSPS) is 10.3. The minimum atomic E-state index is -0.282. The molecule has 2 amide bonds. The third kappa shape index (κ3) is 5.20. The van der Waals surface area contributed by atoms with Crippen LogP contribution >= 0.6 is 0 Å². The van der Waals surface area contributed by atoms with Gasteiger partial charge in [-0.2, -0.15) is 0 Å². The van der Waals surface area contributed by atoms with Crippen molar-refractivity contribution >= 4 is 23.2 Å². The molecule has 5 heteroatoms. The van der Waals surface area contributed by atoms with Gasteiger partial charge in [-0.05, 0) is 60.9 Å². The summed E-state index contributed by atoms with van der Waals surface area (Å²) in [4.78, 5) is 24.6. The third-order valence-corrected chi connectivity index (χ3v) is 4.38. The molecule has 0 aliphatic rings. The quantitative estimate of drug-likeness (QED) is 0.593. The first-order chi connectivity index (χ1) is 13.5. The van der Waals surface area contributed by atoms with Gasteiger partial charge in [0.25, 0.3) is 5.91 Å². The predicted octanol–water partition coefficient (Wildman–Crippen LogP) is 4.52. The van der Waals surface area contributed by atoms with Crippen LogP contribution in [0.2, 0.25) is 0 Å². The van der Waals surface area contributed by atoms with Crippen LogP contribution in [-0.2, 0) is 11.2 Å². The molecular formula is C23H22N2O3. The number of aromatic hydroxyl groups is 1. The molecule has 3 aromatic carbocycles. The van der Waals surface area contributed by atoms with Crippen LogP contribution in [0.15, 0.2) is 72.8 Å². The Kier molecular flexibility index (Phi) is 6.07. The van der Waals surface area contributed by atoms with Crippen molar-refractivity contribution in [1.29, 1.82) is 0 Å². The summed E-state index contributed by atoms with van der Waals surface area (Å²) >= 11 is 0. The van der Waals surface area contributed by atoms with Gasteiger partial charge in [0.2, 0.25) is 5.91 Å². The molecule has 0 fully saturated rings. The number of benzene rings is 3. The van der Waals surface area contributed by atoms with Crippen molar-refractivity contribution in [3.05, 3.63) is 89.5 Å². The summed E-state index contributed by atoms with van der Waals surface area (Å²) in [5.41, 5.74) is 3.69. The molecule has 0 aromatic heterocycles. The van der Waals surface area contributed by atoms with Crippen LogP contribution in [-0.4, -0.2) is 16.9 Å². The van der Waals surface area contributed by atoms with Crippen LogP contribution in [0.4, 0.5) is 11.4 Å². The summed E-state index contributed by atoms with van der Waals surface area (Å²) in [6.07, 6.45) is 1.05. The highest BCUT2D eigenvalue weighted by atomic mass is 16.3. The monoisotopic (exact) mass is 374 g/mol. The van der Waals surface area contributed by atoms with E-state index in [0.29, 0.717) is 29.8 Å². The Balaban J connectivity index is 1.63. The molecule has 3 aromatic rings. The summed E-state index contributed by atoms with van der Waals surface area (Å²) in [6.45, 7) is 1.88. The molecule has 0 saturated heterocycles. The lowest BCUT2D eigenvalue weighted by Gasteiger charge is -2.12. The fraction of sp³-hybridized carbons (Fsp3) is 0.130. The number of anilines is 2. The van der Waals surface area contributed by atoms with Crippen LogP contribution in [0.25, 0.3) is 0 Å². The van der Waals surface area contributed by atoms with Crippen LogP contribution in [0.3, 0.4) is 0 Å². The highest BCUT2D eigenvalue weighted by Crippen LogP contribution is 2.22. The van der Waals surface area contributed by atoms with Gasteiger partial charge in [0.1, 0.15) is 5.75 Å². The Morgan fingerprint density at radius 2 is 1.61 bits per heavy atom. The van der Waals surface area contributed by atoms with E-state index in [2.05, 4.69) is 10.6 Å². The Bertz CT molecular complexity index is 967. The van der Waals surface area contributed by atoms with Crippen LogP contribution < -0.4 is 10.6 Å². The van der Waals surface area contributed by atoms with Crippen LogP contribution in [0, 0.1) is 6.92 Å². The van der Waals surface area contributed by atoms with E-state index in [1.807, 2.05) is 49.4 Å². The predicted molar refractivity (Wildman–Crippen MR) is 111 cm³/mol. The SMILES string of the molecule is Cc1ccc(NC(=O)CCc2ccccc2)cc1NC(=O)c1ccc(O)cc1. The first-order valence-corrected chi connectivity index (χ1v) is 9.06. The summed E-state index contributed by atoms with van der Waals surface area (Å²) in [5, 5.41) is 15.1. The number of phenolic OH excluding ortho intramolecular Hbond substituents is 1. The van der Waals surface area contributed by atoms with E-state index >= 15 is 0 Å². The van der Waals surface area contributed by atoms with Crippen molar-refractivity contribution in [3.8, 4) is 5.75 Å². The lowest BCUT2D eigenvalue weighted by Crippen LogP contribution is -2.15. The Morgan fingerprint density at radius 3 is 2.32 bits per heavy atom. The summed E-state index contributed by atoms with van der Waals surface area (Å²) in [7, 11) is 0. The van der Waals surface area contributed by atoms with Crippen molar-refractivity contribution in [2.45, 2.75) is 19.8 Å². The summed E-state index contributed by atoms with van der Waals surface area (Å²) < 4.78 is 0. The van der Waals surface area contributed by atoms with E-state index < -0.39 is 0 Å². The average Bonchev–Trinajstić information content (AvgIpc) is 2.70. The molecule has 0 atom stereocenters. The maximum Gasteiger partial charge on any atom is 0.255 e. The van der Waals surface area contributed by atoms with E-state index in [0.717, 1.165) is 11.1 Å². The number of carbonyl (C=O) groups excluding carboxylic acids is 2. The second kappa shape index (κ2) is 8.86. The molecule has 0 bridgehead atoms. The molecule has 0 radical (unpaired) electrons. The van der Waals surface area contributed by atoms with Gasteiger partial charge in [0.15, 0.2) is 0 Å². The van der Waals surface area contributed by atoms with Gasteiger partial charge in [-0.15, -0.1) is 0 Å². The van der Waals surface area contributed by atoms with Gasteiger partial charge >= 0.3 is 0 Å².